The van der Waals surface area contributed by atoms with Gasteiger partial charge in [0.05, 0.1) is 0 Å². The fourth-order valence-corrected chi connectivity index (χ4v) is 0.927. The Morgan fingerprint density at radius 3 is 2.62 bits per heavy atom. The Morgan fingerprint density at radius 1 is 1.62 bits per heavy atom. The number of aliphatic imine (C=N–C) groups is 1. The molecular formula is C8H17N3O2. The van der Waals surface area contributed by atoms with Gasteiger partial charge in [-0.3, -0.25) is 4.99 Å². The van der Waals surface area contributed by atoms with Crippen molar-refractivity contribution in [3.8, 4) is 0 Å². The van der Waals surface area contributed by atoms with E-state index in [1.165, 1.54) is 6.21 Å². The molecule has 0 amide bonds. The Bertz CT molecular complexity index is 194. The summed E-state index contributed by atoms with van der Waals surface area (Å²) in [5, 5.41) is 8.89. The molecule has 0 unspecified atom stereocenters. The molecule has 0 heterocycles. The van der Waals surface area contributed by atoms with E-state index in [-0.39, 0.29) is 6.54 Å². The molecule has 0 aliphatic carbocycles. The molecule has 0 bridgehead atoms. The zero-order valence-corrected chi connectivity index (χ0v) is 7.86. The van der Waals surface area contributed by atoms with Gasteiger partial charge < -0.3 is 16.6 Å². The Labute approximate surface area is 77.8 Å². The lowest BCUT2D eigenvalue weighted by Gasteiger charge is -2.19. The lowest BCUT2D eigenvalue weighted by molar-refractivity contribution is -0.142. The predicted molar refractivity (Wildman–Crippen MR) is 51.9 cm³/mol. The molecule has 1 atom stereocenters. The van der Waals surface area contributed by atoms with Crippen molar-refractivity contribution in [3.05, 3.63) is 0 Å². The summed E-state index contributed by atoms with van der Waals surface area (Å²) in [6.07, 6.45) is 2.50. The second kappa shape index (κ2) is 5.66. The number of carboxylic acid groups (broad SMARTS) is 1. The average Bonchev–Trinajstić information content (AvgIpc) is 2.11. The van der Waals surface area contributed by atoms with Crippen LogP contribution in [0.15, 0.2) is 4.99 Å². The predicted octanol–water partition coefficient (Wildman–Crippen LogP) is -0.402. The zero-order chi connectivity index (χ0) is 10.3. The van der Waals surface area contributed by atoms with Crippen molar-refractivity contribution in [3.63, 3.8) is 0 Å². The van der Waals surface area contributed by atoms with Gasteiger partial charge in [-0.2, -0.15) is 0 Å². The number of carbonyl (C=O) groups is 1. The Balaban J connectivity index is 4.34. The summed E-state index contributed by atoms with van der Waals surface area (Å²) in [6.45, 7) is 2.30. The largest absolute Gasteiger partial charge is 0.479 e. The fourth-order valence-electron chi connectivity index (χ4n) is 0.927. The maximum Gasteiger partial charge on any atom is 0.331 e. The van der Waals surface area contributed by atoms with Crippen molar-refractivity contribution in [1.82, 2.24) is 0 Å². The van der Waals surface area contributed by atoms with E-state index in [2.05, 4.69) is 4.99 Å². The maximum absolute atomic E-state index is 10.8. The van der Waals surface area contributed by atoms with Gasteiger partial charge >= 0.3 is 5.97 Å². The summed E-state index contributed by atoms with van der Waals surface area (Å²) >= 11 is 0. The van der Waals surface area contributed by atoms with Gasteiger partial charge in [0, 0.05) is 12.8 Å². The Kier molecular flexibility index (Phi) is 5.25. The zero-order valence-electron chi connectivity index (χ0n) is 7.86. The van der Waals surface area contributed by atoms with E-state index in [1.54, 1.807) is 6.92 Å². The van der Waals surface area contributed by atoms with E-state index in [0.717, 1.165) is 0 Å². The highest BCUT2D eigenvalue weighted by atomic mass is 16.4. The van der Waals surface area contributed by atoms with Crippen molar-refractivity contribution < 1.29 is 9.90 Å². The highest BCUT2D eigenvalue weighted by molar-refractivity contribution is 5.80. The number of carboxylic acids is 1. The van der Waals surface area contributed by atoms with Crippen molar-refractivity contribution in [2.24, 2.45) is 16.5 Å². The van der Waals surface area contributed by atoms with Crippen LogP contribution in [0, 0.1) is 0 Å². The third-order valence-corrected chi connectivity index (χ3v) is 1.81. The minimum absolute atomic E-state index is 0.255. The van der Waals surface area contributed by atoms with Crippen LogP contribution in [0.3, 0.4) is 0 Å². The molecule has 0 aromatic heterocycles. The minimum atomic E-state index is -1.07. The van der Waals surface area contributed by atoms with Gasteiger partial charge in [0.25, 0.3) is 0 Å². The first-order valence-electron chi connectivity index (χ1n) is 4.24. The fraction of sp³-hybridized carbons (Fsp3) is 0.750. The van der Waals surface area contributed by atoms with E-state index in [0.29, 0.717) is 19.4 Å². The summed E-state index contributed by atoms with van der Waals surface area (Å²) in [6, 6.07) is 0. The molecule has 0 rings (SSSR count). The van der Waals surface area contributed by atoms with Gasteiger partial charge in [-0.05, 0) is 26.3 Å². The van der Waals surface area contributed by atoms with Crippen molar-refractivity contribution >= 4 is 12.2 Å². The lowest BCUT2D eigenvalue weighted by atomic mass is 9.97. The van der Waals surface area contributed by atoms with Crippen LogP contribution in [-0.2, 0) is 4.79 Å². The normalized spacial score (nSPS) is 15.9. The van der Waals surface area contributed by atoms with E-state index in [4.69, 9.17) is 16.6 Å². The topological polar surface area (TPSA) is 102 Å². The maximum atomic E-state index is 10.8. The third kappa shape index (κ3) is 4.00. The summed E-state index contributed by atoms with van der Waals surface area (Å²) in [5.41, 5.74) is 9.42. The first kappa shape index (κ1) is 12.1. The smallest absolute Gasteiger partial charge is 0.331 e. The summed E-state index contributed by atoms with van der Waals surface area (Å²) in [7, 11) is 0. The molecule has 5 heteroatoms. The first-order valence-corrected chi connectivity index (χ1v) is 4.24. The molecular weight excluding hydrogens is 170 g/mol. The molecule has 0 saturated heterocycles. The molecule has 0 aromatic rings. The molecule has 5 nitrogen and oxygen atoms in total. The summed E-state index contributed by atoms with van der Waals surface area (Å²) in [5.74, 6) is -0.939. The quantitative estimate of drug-likeness (QED) is 0.492. The number of nitrogens with two attached hydrogens (primary N) is 2. The Morgan fingerprint density at radius 2 is 2.23 bits per heavy atom. The number of hydrogen-bond donors (Lipinski definition) is 3. The van der Waals surface area contributed by atoms with Crippen LogP contribution in [0.2, 0.25) is 0 Å². The van der Waals surface area contributed by atoms with E-state index in [9.17, 15) is 4.79 Å². The van der Waals surface area contributed by atoms with Gasteiger partial charge in [-0.15, -0.1) is 0 Å². The average molecular weight is 187 g/mol. The van der Waals surface area contributed by atoms with Gasteiger partial charge in [-0.1, -0.05) is 0 Å². The van der Waals surface area contributed by atoms with Gasteiger partial charge in [-0.25, -0.2) is 4.79 Å². The molecule has 5 N–H and O–H groups in total. The van der Waals surface area contributed by atoms with Crippen LogP contribution in [0.4, 0.5) is 0 Å². The van der Waals surface area contributed by atoms with Crippen LogP contribution in [0.1, 0.15) is 19.8 Å². The molecule has 0 spiro atoms. The van der Waals surface area contributed by atoms with Crippen LogP contribution in [0.5, 0.6) is 0 Å². The third-order valence-electron chi connectivity index (χ3n) is 1.81. The second-order valence-electron chi connectivity index (χ2n) is 3.02. The monoisotopic (exact) mass is 187 g/mol. The Hall–Kier alpha value is -0.940. The molecule has 76 valence electrons. The second-order valence-corrected chi connectivity index (χ2v) is 3.02. The van der Waals surface area contributed by atoms with Crippen molar-refractivity contribution in [2.75, 3.05) is 13.1 Å². The molecule has 0 aromatic carbocycles. The highest BCUT2D eigenvalue weighted by Gasteiger charge is 2.30. The summed E-state index contributed by atoms with van der Waals surface area (Å²) < 4.78 is 0. The van der Waals surface area contributed by atoms with Crippen LogP contribution < -0.4 is 11.5 Å². The van der Waals surface area contributed by atoms with Crippen LogP contribution in [0.25, 0.3) is 0 Å². The van der Waals surface area contributed by atoms with E-state index < -0.39 is 11.5 Å². The SMILES string of the molecule is C[C@@](CCCN)(N=CCN)C(=O)O. The first-order chi connectivity index (χ1) is 6.06. The molecule has 0 fully saturated rings. The molecule has 0 aliphatic rings. The highest BCUT2D eigenvalue weighted by Crippen LogP contribution is 2.16. The minimum Gasteiger partial charge on any atom is -0.479 e. The number of aliphatic carboxylic acids is 1. The van der Waals surface area contributed by atoms with Crippen molar-refractivity contribution in [1.29, 1.82) is 0 Å². The molecule has 0 radical (unpaired) electrons. The molecule has 0 aliphatic heterocycles. The number of rotatable bonds is 6. The van der Waals surface area contributed by atoms with E-state index >= 15 is 0 Å². The van der Waals surface area contributed by atoms with Crippen LogP contribution >= 0.6 is 0 Å². The molecule has 13 heavy (non-hydrogen) atoms. The molecule has 0 saturated carbocycles. The van der Waals surface area contributed by atoms with Gasteiger partial charge in [0.15, 0.2) is 5.54 Å². The number of nitrogens with zero attached hydrogens (tertiary/aromatic N) is 1. The van der Waals surface area contributed by atoms with Gasteiger partial charge in [0.1, 0.15) is 0 Å². The van der Waals surface area contributed by atoms with Gasteiger partial charge in [0.2, 0.25) is 0 Å². The van der Waals surface area contributed by atoms with E-state index in [1.807, 2.05) is 0 Å². The lowest BCUT2D eigenvalue weighted by Crippen LogP contribution is -2.34. The van der Waals surface area contributed by atoms with Crippen LogP contribution in [-0.4, -0.2) is 35.9 Å². The number of hydrogen-bond acceptors (Lipinski definition) is 4. The van der Waals surface area contributed by atoms with Crippen molar-refractivity contribution in [2.45, 2.75) is 25.3 Å². The summed E-state index contributed by atoms with van der Waals surface area (Å²) in [4.78, 5) is 14.7. The standard InChI is InChI=1S/C8H17N3O2/c1-8(7(12)13,3-2-4-9)11-6-5-10/h6H,2-5,9-10H2,1H3,(H,12,13)/t8-/m0/s1.